The molecule has 29 heavy (non-hydrogen) atoms. The Morgan fingerprint density at radius 3 is 2.52 bits per heavy atom. The highest BCUT2D eigenvalue weighted by Gasteiger charge is 2.12. The van der Waals surface area contributed by atoms with Crippen LogP contribution in [0, 0.1) is 5.82 Å². The topological polar surface area (TPSA) is 56.8 Å². The van der Waals surface area contributed by atoms with Gasteiger partial charge in [-0.2, -0.15) is 0 Å². The van der Waals surface area contributed by atoms with Crippen LogP contribution in [-0.2, 0) is 6.61 Å². The van der Waals surface area contributed by atoms with Crippen molar-refractivity contribution in [3.63, 3.8) is 0 Å². The minimum Gasteiger partial charge on any atom is -0.497 e. The van der Waals surface area contributed by atoms with Gasteiger partial charge in [0.25, 0.3) is 5.91 Å². The largest absolute Gasteiger partial charge is 0.497 e. The number of halogens is 2. The van der Waals surface area contributed by atoms with E-state index in [-0.39, 0.29) is 17.5 Å². The highest BCUT2D eigenvalue weighted by atomic mass is 35.5. The van der Waals surface area contributed by atoms with Crippen LogP contribution in [0.1, 0.15) is 15.9 Å². The van der Waals surface area contributed by atoms with Crippen LogP contribution < -0.4 is 19.5 Å². The highest BCUT2D eigenvalue weighted by Crippen LogP contribution is 2.25. The number of amides is 1. The molecule has 3 aromatic carbocycles. The molecular formula is C22H19ClFNO4. The minimum atomic E-state index is -0.550. The molecular weight excluding hydrogens is 397 g/mol. The lowest BCUT2D eigenvalue weighted by Gasteiger charge is -2.13. The third kappa shape index (κ3) is 5.18. The molecule has 0 aliphatic carbocycles. The van der Waals surface area contributed by atoms with Gasteiger partial charge in [-0.15, -0.1) is 0 Å². The third-order valence-electron chi connectivity index (χ3n) is 4.16. The van der Waals surface area contributed by atoms with E-state index in [0.717, 1.165) is 0 Å². The number of carbonyl (C=O) groups is 1. The smallest absolute Gasteiger partial charge is 0.255 e. The van der Waals surface area contributed by atoms with Gasteiger partial charge in [0.2, 0.25) is 0 Å². The average molecular weight is 416 g/mol. The van der Waals surface area contributed by atoms with Crippen LogP contribution in [0.2, 0.25) is 5.02 Å². The van der Waals surface area contributed by atoms with E-state index in [1.54, 1.807) is 38.5 Å². The first-order valence-corrected chi connectivity index (χ1v) is 9.08. The first-order valence-electron chi connectivity index (χ1n) is 8.70. The normalized spacial score (nSPS) is 10.3. The molecule has 7 heteroatoms. The van der Waals surface area contributed by atoms with E-state index in [0.29, 0.717) is 34.1 Å². The zero-order valence-electron chi connectivity index (χ0n) is 15.9. The van der Waals surface area contributed by atoms with Gasteiger partial charge in [-0.3, -0.25) is 4.79 Å². The molecule has 0 saturated heterocycles. The van der Waals surface area contributed by atoms with Gasteiger partial charge >= 0.3 is 0 Å². The standard InChI is InChI=1S/C22H19ClFNO4/c1-27-17-4-3-5-18(12-17)29-13-15-10-14(6-9-21(15)28-2)22(26)25-16-7-8-20(24)19(23)11-16/h3-12H,13H2,1-2H3,(H,25,26). The van der Waals surface area contributed by atoms with Crippen LogP contribution in [-0.4, -0.2) is 20.1 Å². The molecule has 5 nitrogen and oxygen atoms in total. The molecule has 0 heterocycles. The summed E-state index contributed by atoms with van der Waals surface area (Å²) >= 11 is 5.76. The van der Waals surface area contributed by atoms with Gasteiger partial charge in [-0.05, 0) is 48.5 Å². The highest BCUT2D eigenvalue weighted by molar-refractivity contribution is 6.31. The molecule has 0 saturated carbocycles. The second-order valence-electron chi connectivity index (χ2n) is 6.08. The summed E-state index contributed by atoms with van der Waals surface area (Å²) in [6.07, 6.45) is 0. The predicted octanol–water partition coefficient (Wildman–Crippen LogP) is 5.33. The Kier molecular flexibility index (Phi) is 6.57. The van der Waals surface area contributed by atoms with E-state index in [1.807, 2.05) is 18.2 Å². The van der Waals surface area contributed by atoms with Crippen LogP contribution in [0.4, 0.5) is 10.1 Å². The number of ether oxygens (including phenoxy) is 3. The number of hydrogen-bond acceptors (Lipinski definition) is 4. The fraction of sp³-hybridized carbons (Fsp3) is 0.136. The molecule has 0 atom stereocenters. The maximum atomic E-state index is 13.3. The van der Waals surface area contributed by atoms with E-state index < -0.39 is 5.82 Å². The van der Waals surface area contributed by atoms with Crippen LogP contribution in [0.5, 0.6) is 17.2 Å². The van der Waals surface area contributed by atoms with Crippen molar-refractivity contribution in [1.29, 1.82) is 0 Å². The number of anilines is 1. The maximum absolute atomic E-state index is 13.3. The van der Waals surface area contributed by atoms with Gasteiger partial charge in [0.1, 0.15) is 29.7 Å². The predicted molar refractivity (Wildman–Crippen MR) is 110 cm³/mol. The van der Waals surface area contributed by atoms with E-state index in [1.165, 1.54) is 18.2 Å². The third-order valence-corrected chi connectivity index (χ3v) is 4.45. The second-order valence-corrected chi connectivity index (χ2v) is 6.48. The van der Waals surface area contributed by atoms with Crippen molar-refractivity contribution in [3.8, 4) is 17.2 Å². The average Bonchev–Trinajstić information content (AvgIpc) is 2.74. The lowest BCUT2D eigenvalue weighted by atomic mass is 10.1. The summed E-state index contributed by atoms with van der Waals surface area (Å²) in [5, 5.41) is 2.63. The van der Waals surface area contributed by atoms with Crippen molar-refractivity contribution in [1.82, 2.24) is 0 Å². The molecule has 0 radical (unpaired) electrons. The summed E-state index contributed by atoms with van der Waals surface area (Å²) in [4.78, 5) is 12.6. The molecule has 0 aliphatic heterocycles. The Balaban J connectivity index is 1.76. The van der Waals surface area contributed by atoms with E-state index in [2.05, 4.69) is 5.32 Å². The number of nitrogens with one attached hydrogen (secondary N) is 1. The number of carbonyl (C=O) groups excluding carboxylic acids is 1. The Morgan fingerprint density at radius 1 is 1.00 bits per heavy atom. The van der Waals surface area contributed by atoms with Gasteiger partial charge in [-0.25, -0.2) is 4.39 Å². The molecule has 150 valence electrons. The lowest BCUT2D eigenvalue weighted by Crippen LogP contribution is -2.13. The van der Waals surface area contributed by atoms with Crippen molar-refractivity contribution in [3.05, 3.63) is 82.6 Å². The van der Waals surface area contributed by atoms with Gasteiger partial charge < -0.3 is 19.5 Å². The van der Waals surface area contributed by atoms with Crippen LogP contribution in [0.25, 0.3) is 0 Å². The molecule has 0 aliphatic rings. The van der Waals surface area contributed by atoms with E-state index >= 15 is 0 Å². The fourth-order valence-corrected chi connectivity index (χ4v) is 2.84. The fourth-order valence-electron chi connectivity index (χ4n) is 2.66. The molecule has 0 aromatic heterocycles. The van der Waals surface area contributed by atoms with Crippen molar-refractivity contribution < 1.29 is 23.4 Å². The van der Waals surface area contributed by atoms with Gasteiger partial charge in [0.05, 0.1) is 19.2 Å². The van der Waals surface area contributed by atoms with E-state index in [9.17, 15) is 9.18 Å². The number of rotatable bonds is 7. The molecule has 3 rings (SSSR count). The van der Waals surface area contributed by atoms with Crippen molar-refractivity contribution in [2.75, 3.05) is 19.5 Å². The molecule has 1 N–H and O–H groups in total. The van der Waals surface area contributed by atoms with Crippen molar-refractivity contribution >= 4 is 23.2 Å². The summed E-state index contributed by atoms with van der Waals surface area (Å²) in [7, 11) is 3.13. The maximum Gasteiger partial charge on any atom is 0.255 e. The minimum absolute atomic E-state index is 0.0649. The zero-order valence-corrected chi connectivity index (χ0v) is 16.6. The van der Waals surface area contributed by atoms with Crippen molar-refractivity contribution in [2.24, 2.45) is 0 Å². The summed E-state index contributed by atoms with van der Waals surface area (Å²) < 4.78 is 29.6. The summed E-state index contributed by atoms with van der Waals surface area (Å²) in [6.45, 7) is 0.194. The van der Waals surface area contributed by atoms with E-state index in [4.69, 9.17) is 25.8 Å². The van der Waals surface area contributed by atoms with Gasteiger partial charge in [0.15, 0.2) is 0 Å². The first-order chi connectivity index (χ1) is 14.0. The van der Waals surface area contributed by atoms with Crippen LogP contribution in [0.15, 0.2) is 60.7 Å². The van der Waals surface area contributed by atoms with Gasteiger partial charge in [0, 0.05) is 22.9 Å². The Morgan fingerprint density at radius 2 is 1.79 bits per heavy atom. The van der Waals surface area contributed by atoms with Crippen LogP contribution in [0.3, 0.4) is 0 Å². The summed E-state index contributed by atoms with van der Waals surface area (Å²) in [6, 6.07) is 16.2. The lowest BCUT2D eigenvalue weighted by molar-refractivity contribution is 0.102. The Bertz CT molecular complexity index is 1030. The summed E-state index contributed by atoms with van der Waals surface area (Å²) in [5.41, 5.74) is 1.49. The first kappa shape index (κ1) is 20.5. The van der Waals surface area contributed by atoms with Crippen LogP contribution >= 0.6 is 11.6 Å². The molecule has 0 unspecified atom stereocenters. The number of benzene rings is 3. The monoisotopic (exact) mass is 415 g/mol. The quantitative estimate of drug-likeness (QED) is 0.566. The SMILES string of the molecule is COc1cccc(OCc2cc(C(=O)Nc3ccc(F)c(Cl)c3)ccc2OC)c1. The number of hydrogen-bond donors (Lipinski definition) is 1. The van der Waals surface area contributed by atoms with Gasteiger partial charge in [-0.1, -0.05) is 17.7 Å². The second kappa shape index (κ2) is 9.30. The zero-order chi connectivity index (χ0) is 20.8. The molecule has 1 amide bonds. The molecule has 0 fully saturated rings. The molecule has 0 bridgehead atoms. The molecule has 0 spiro atoms. The Hall–Kier alpha value is -3.25. The number of methoxy groups -OCH3 is 2. The van der Waals surface area contributed by atoms with Crippen molar-refractivity contribution in [2.45, 2.75) is 6.61 Å². The summed E-state index contributed by atoms with van der Waals surface area (Å²) in [5.74, 6) is 0.987. The molecule has 3 aromatic rings. The Labute approximate surface area is 173 Å².